The van der Waals surface area contributed by atoms with E-state index in [0.717, 1.165) is 16.7 Å². The molecule has 0 unspecified atom stereocenters. The lowest BCUT2D eigenvalue weighted by Crippen LogP contribution is -2.32. The number of nitrogens with zero attached hydrogens (tertiary/aromatic N) is 6. The number of methoxy groups -OCH3 is 1. The first-order valence-electron chi connectivity index (χ1n) is 12.8. The predicted octanol–water partition coefficient (Wildman–Crippen LogP) is 3.50. The van der Waals surface area contributed by atoms with Crippen molar-refractivity contribution in [1.82, 2.24) is 29.7 Å². The molecular formula is C28H34N6O5S. The highest BCUT2D eigenvalue weighted by atomic mass is 32.2. The number of hydrogen-bond acceptors (Lipinski definition) is 10. The second-order valence-electron chi connectivity index (χ2n) is 9.89. The van der Waals surface area contributed by atoms with Crippen LogP contribution in [0, 0.1) is 20.8 Å². The average molecular weight is 567 g/mol. The van der Waals surface area contributed by atoms with Crippen molar-refractivity contribution in [2.24, 2.45) is 0 Å². The summed E-state index contributed by atoms with van der Waals surface area (Å²) >= 11 is 0. The third kappa shape index (κ3) is 6.35. The van der Waals surface area contributed by atoms with Gasteiger partial charge in [0.1, 0.15) is 17.6 Å². The zero-order chi connectivity index (χ0) is 29.0. The first-order valence-corrected chi connectivity index (χ1v) is 14.5. The lowest BCUT2D eigenvalue weighted by atomic mass is 10.1. The van der Waals surface area contributed by atoms with Gasteiger partial charge in [0.2, 0.25) is 0 Å². The minimum Gasteiger partial charge on any atom is -0.495 e. The molecule has 1 N–H and O–H groups in total. The number of benzene rings is 1. The summed E-state index contributed by atoms with van der Waals surface area (Å²) in [6.07, 6.45) is 4.78. The highest BCUT2D eigenvalue weighted by Gasteiger charge is 2.36. The average Bonchev–Trinajstić information content (AvgIpc) is 3.31. The van der Waals surface area contributed by atoms with Crippen molar-refractivity contribution in [2.45, 2.75) is 57.8 Å². The number of rotatable bonds is 11. The summed E-state index contributed by atoms with van der Waals surface area (Å²) in [7, 11) is -2.37. The van der Waals surface area contributed by atoms with Crippen LogP contribution < -0.4 is 4.74 Å². The maximum atomic E-state index is 13.9. The molecule has 3 heterocycles. The van der Waals surface area contributed by atoms with Crippen molar-refractivity contribution in [3.05, 3.63) is 77.4 Å². The molecule has 0 saturated heterocycles. The fraction of sp³-hybridized carbons (Fsp3) is 0.393. The van der Waals surface area contributed by atoms with Crippen molar-refractivity contribution in [2.75, 3.05) is 13.7 Å². The molecule has 4 rings (SSSR count). The van der Waals surface area contributed by atoms with Crippen LogP contribution in [0.3, 0.4) is 0 Å². The highest BCUT2D eigenvalue weighted by molar-refractivity contribution is 7.91. The number of aryl methyl sites for hydroxylation is 3. The third-order valence-electron chi connectivity index (χ3n) is 6.40. The highest BCUT2D eigenvalue weighted by Crippen LogP contribution is 2.33. The molecule has 0 bridgehead atoms. The molecular weight excluding hydrogens is 532 g/mol. The van der Waals surface area contributed by atoms with Gasteiger partial charge in [0.15, 0.2) is 27.3 Å². The Morgan fingerprint density at radius 3 is 2.38 bits per heavy atom. The van der Waals surface area contributed by atoms with E-state index in [0.29, 0.717) is 22.8 Å². The number of hydrogen-bond donors (Lipinski definition) is 1. The molecule has 212 valence electrons. The second-order valence-corrected chi connectivity index (χ2v) is 12.2. The van der Waals surface area contributed by atoms with E-state index in [2.05, 4.69) is 25.1 Å². The minimum atomic E-state index is -3.93. The number of ether oxygens (including phenoxy) is 2. The van der Waals surface area contributed by atoms with Gasteiger partial charge in [-0.2, -0.15) is 0 Å². The lowest BCUT2D eigenvalue weighted by molar-refractivity contribution is -0.00774. The van der Waals surface area contributed by atoms with E-state index in [9.17, 15) is 13.5 Å². The van der Waals surface area contributed by atoms with Crippen LogP contribution in [0.4, 0.5) is 0 Å². The van der Waals surface area contributed by atoms with Gasteiger partial charge in [0.25, 0.3) is 0 Å². The van der Waals surface area contributed by atoms with E-state index < -0.39 is 33.0 Å². The Morgan fingerprint density at radius 2 is 1.73 bits per heavy atom. The molecule has 0 fully saturated rings. The minimum absolute atomic E-state index is 0.0805. The van der Waals surface area contributed by atoms with Gasteiger partial charge in [0.05, 0.1) is 30.8 Å². The van der Waals surface area contributed by atoms with Crippen LogP contribution in [0.25, 0.3) is 17.1 Å². The first kappa shape index (κ1) is 29.2. The largest absolute Gasteiger partial charge is 0.495 e. The molecule has 40 heavy (non-hydrogen) atoms. The number of aliphatic hydroxyl groups excluding tert-OH is 1. The molecule has 3 atom stereocenters. The third-order valence-corrected chi connectivity index (χ3v) is 8.44. The van der Waals surface area contributed by atoms with Gasteiger partial charge >= 0.3 is 0 Å². The van der Waals surface area contributed by atoms with Crippen LogP contribution in [0.1, 0.15) is 48.3 Å². The van der Waals surface area contributed by atoms with Gasteiger partial charge in [-0.3, -0.25) is 9.55 Å². The number of aliphatic hydroxyl groups is 1. The fourth-order valence-electron chi connectivity index (χ4n) is 4.30. The van der Waals surface area contributed by atoms with Crippen LogP contribution in [0.2, 0.25) is 0 Å². The number of aromatic nitrogens is 6. The van der Waals surface area contributed by atoms with Crippen LogP contribution in [-0.2, 0) is 20.3 Å². The maximum Gasteiger partial charge on any atom is 0.170 e. The topological polar surface area (TPSA) is 142 Å². The molecule has 0 radical (unpaired) electrons. The summed E-state index contributed by atoms with van der Waals surface area (Å²) in [5.74, 6) is 0.953. The quantitative estimate of drug-likeness (QED) is 0.287. The Kier molecular flexibility index (Phi) is 8.92. The van der Waals surface area contributed by atoms with Gasteiger partial charge < -0.3 is 14.6 Å². The molecule has 0 aliphatic rings. The Hall–Kier alpha value is -3.74. The number of pyridine rings is 1. The van der Waals surface area contributed by atoms with Crippen LogP contribution in [0.15, 0.2) is 49.1 Å². The summed E-state index contributed by atoms with van der Waals surface area (Å²) in [5.41, 5.74) is 3.91. The Bertz CT molecular complexity index is 1570. The van der Waals surface area contributed by atoms with E-state index >= 15 is 0 Å². The van der Waals surface area contributed by atoms with Gasteiger partial charge in [-0.15, -0.1) is 10.2 Å². The fourth-order valence-corrected chi connectivity index (χ4v) is 5.69. The van der Waals surface area contributed by atoms with Crippen molar-refractivity contribution < 1.29 is 23.0 Å². The summed E-state index contributed by atoms with van der Waals surface area (Å²) in [4.78, 5) is 12.9. The van der Waals surface area contributed by atoms with Crippen LogP contribution in [0.5, 0.6) is 5.75 Å². The molecule has 12 heteroatoms. The summed E-state index contributed by atoms with van der Waals surface area (Å²) < 4.78 is 41.1. The van der Waals surface area contributed by atoms with Crippen LogP contribution in [-0.4, -0.2) is 68.3 Å². The molecule has 0 spiro atoms. The second kappa shape index (κ2) is 12.2. The molecule has 4 aromatic rings. The summed E-state index contributed by atoms with van der Waals surface area (Å²) in [5, 5.41) is 17.5. The predicted molar refractivity (Wildman–Crippen MR) is 150 cm³/mol. The van der Waals surface area contributed by atoms with Crippen molar-refractivity contribution in [3.8, 4) is 22.8 Å². The molecule has 3 aromatic heterocycles. The molecule has 0 amide bonds. The lowest BCUT2D eigenvalue weighted by Gasteiger charge is -2.24. The van der Waals surface area contributed by atoms with Crippen molar-refractivity contribution in [3.63, 3.8) is 0 Å². The number of sulfone groups is 1. The maximum absolute atomic E-state index is 13.9. The van der Waals surface area contributed by atoms with Gasteiger partial charge in [-0.05, 0) is 63.4 Å². The normalized spacial score (nSPS) is 14.1. The smallest absolute Gasteiger partial charge is 0.170 e. The van der Waals surface area contributed by atoms with E-state index in [4.69, 9.17) is 9.47 Å². The SMILES string of the molecule is COc1cccc(C)c1-n1c(CS(=O)(=O)[C@@H](C)[C@H](OC[C@H](C)O)c2ncc(C)cn2)nnc1-c1cncc(C)c1. The van der Waals surface area contributed by atoms with Gasteiger partial charge in [0, 0.05) is 30.4 Å². The monoisotopic (exact) mass is 566 g/mol. The molecule has 1 aromatic carbocycles. The van der Waals surface area contributed by atoms with E-state index in [1.807, 2.05) is 39.0 Å². The first-order chi connectivity index (χ1) is 19.0. The zero-order valence-electron chi connectivity index (χ0n) is 23.4. The standard InChI is InChI=1S/C28H34N6O5S/c1-17-10-22(14-29-11-17)28-33-32-24(34(28)25-19(3)8-7-9-23(25)38-6)16-40(36,37)21(5)26(39-15-20(4)35)27-30-12-18(2)13-31-27/h7-14,20-21,26,35H,15-16H2,1-6H3/t20-,21-,26-/m0/s1. The van der Waals surface area contributed by atoms with E-state index in [1.165, 1.54) is 0 Å². The van der Waals surface area contributed by atoms with Crippen molar-refractivity contribution in [1.29, 1.82) is 0 Å². The Balaban J connectivity index is 1.81. The molecule has 0 saturated carbocycles. The molecule has 0 aliphatic carbocycles. The molecule has 11 nitrogen and oxygen atoms in total. The number of para-hydroxylation sites is 1. The Labute approximate surface area is 234 Å². The van der Waals surface area contributed by atoms with Gasteiger partial charge in [-0.25, -0.2) is 18.4 Å². The van der Waals surface area contributed by atoms with E-state index in [1.54, 1.807) is 56.4 Å². The Morgan fingerprint density at radius 1 is 1.00 bits per heavy atom. The van der Waals surface area contributed by atoms with E-state index in [-0.39, 0.29) is 18.3 Å². The van der Waals surface area contributed by atoms with Crippen LogP contribution >= 0.6 is 0 Å². The summed E-state index contributed by atoms with van der Waals surface area (Å²) in [6.45, 7) is 8.69. The zero-order valence-corrected chi connectivity index (χ0v) is 24.3. The molecule has 0 aliphatic heterocycles. The van der Waals surface area contributed by atoms with Crippen molar-refractivity contribution >= 4 is 9.84 Å². The summed E-state index contributed by atoms with van der Waals surface area (Å²) in [6, 6.07) is 7.48. The van der Waals surface area contributed by atoms with Gasteiger partial charge in [-0.1, -0.05) is 12.1 Å².